The Hall–Kier alpha value is -2.96. The summed E-state index contributed by atoms with van der Waals surface area (Å²) in [6.07, 6.45) is 3.96. The molecule has 1 aliphatic carbocycles. The molecule has 2 amide bonds. The van der Waals surface area contributed by atoms with Gasteiger partial charge < -0.3 is 24.4 Å². The van der Waals surface area contributed by atoms with Gasteiger partial charge in [0.1, 0.15) is 6.61 Å². The average molecular weight is 386 g/mol. The minimum Gasteiger partial charge on any atom is -0.489 e. The molecule has 0 aromatic heterocycles. The highest BCUT2D eigenvalue weighted by atomic mass is 19.1. The van der Waals surface area contributed by atoms with Crippen LogP contribution in [-0.4, -0.2) is 36.9 Å². The lowest BCUT2D eigenvalue weighted by molar-refractivity contribution is -0.0716. The van der Waals surface area contributed by atoms with Crippen LogP contribution >= 0.6 is 0 Å². The summed E-state index contributed by atoms with van der Waals surface area (Å²) in [4.78, 5) is 13.9. The third-order valence-corrected chi connectivity index (χ3v) is 5.02. The molecule has 6 nitrogen and oxygen atoms in total. The van der Waals surface area contributed by atoms with E-state index in [0.717, 1.165) is 25.7 Å². The average Bonchev–Trinajstić information content (AvgIpc) is 3.28. The zero-order valence-corrected chi connectivity index (χ0v) is 15.7. The Morgan fingerprint density at radius 3 is 2.71 bits per heavy atom. The molecule has 7 heteroatoms. The molecule has 2 aliphatic rings. The second kappa shape index (κ2) is 7.58. The number of para-hydroxylation sites is 1. The van der Waals surface area contributed by atoms with E-state index < -0.39 is 11.6 Å². The monoisotopic (exact) mass is 386 g/mol. The normalized spacial score (nSPS) is 16.2. The van der Waals surface area contributed by atoms with Gasteiger partial charge in [0, 0.05) is 31.6 Å². The van der Waals surface area contributed by atoms with E-state index in [9.17, 15) is 9.18 Å². The zero-order chi connectivity index (χ0) is 19.6. The third kappa shape index (κ3) is 3.83. The number of rotatable bonds is 5. The summed E-state index contributed by atoms with van der Waals surface area (Å²) < 4.78 is 30.9. The van der Waals surface area contributed by atoms with Crippen LogP contribution in [0.15, 0.2) is 42.5 Å². The van der Waals surface area contributed by atoms with Gasteiger partial charge in [-0.3, -0.25) is 0 Å². The smallest absolute Gasteiger partial charge is 0.321 e. The standard InChI is InChI=1S/C21H23FN2O4/c1-24(12-13-26-17-7-3-2-6-16(17)22)20(25)23-15-8-9-18-19(14-15)28-21(27-18)10-4-5-11-21/h2-3,6-9,14H,4-5,10-13H2,1H3,(H,23,25). The van der Waals surface area contributed by atoms with Crippen molar-refractivity contribution in [3.63, 3.8) is 0 Å². The van der Waals surface area contributed by atoms with Gasteiger partial charge in [-0.05, 0) is 37.1 Å². The summed E-state index contributed by atoms with van der Waals surface area (Å²) in [5.74, 6) is 0.603. The fourth-order valence-corrected chi connectivity index (χ4v) is 3.46. The Bertz CT molecular complexity index is 867. The molecule has 148 valence electrons. The van der Waals surface area contributed by atoms with E-state index in [1.807, 2.05) is 6.07 Å². The maximum atomic E-state index is 13.5. The van der Waals surface area contributed by atoms with Crippen LogP contribution in [0.4, 0.5) is 14.9 Å². The van der Waals surface area contributed by atoms with Gasteiger partial charge >= 0.3 is 6.03 Å². The first-order chi connectivity index (χ1) is 13.5. The van der Waals surface area contributed by atoms with Crippen LogP contribution < -0.4 is 19.5 Å². The highest BCUT2D eigenvalue weighted by Gasteiger charge is 2.44. The van der Waals surface area contributed by atoms with Gasteiger partial charge in [0.15, 0.2) is 23.1 Å². The van der Waals surface area contributed by atoms with E-state index in [-0.39, 0.29) is 18.4 Å². The number of benzene rings is 2. The Labute approximate surface area is 163 Å². The molecule has 2 aromatic carbocycles. The Balaban J connectivity index is 1.30. The number of hydrogen-bond acceptors (Lipinski definition) is 4. The summed E-state index contributed by atoms with van der Waals surface area (Å²) in [6, 6.07) is 11.3. The Morgan fingerprint density at radius 1 is 1.18 bits per heavy atom. The van der Waals surface area contributed by atoms with Gasteiger partial charge in [0.05, 0.1) is 6.54 Å². The number of carbonyl (C=O) groups is 1. The van der Waals surface area contributed by atoms with Crippen molar-refractivity contribution >= 4 is 11.7 Å². The molecule has 1 heterocycles. The molecule has 0 atom stereocenters. The molecule has 1 saturated carbocycles. The Kier molecular flexibility index (Phi) is 4.98. The number of amides is 2. The number of nitrogens with one attached hydrogen (secondary N) is 1. The van der Waals surface area contributed by atoms with E-state index in [4.69, 9.17) is 14.2 Å². The van der Waals surface area contributed by atoms with Crippen molar-refractivity contribution in [1.82, 2.24) is 4.90 Å². The predicted molar refractivity (Wildman–Crippen MR) is 102 cm³/mol. The van der Waals surface area contributed by atoms with Crippen LogP contribution in [0, 0.1) is 5.82 Å². The lowest BCUT2D eigenvalue weighted by Crippen LogP contribution is -2.34. The highest BCUT2D eigenvalue weighted by Crippen LogP contribution is 2.47. The van der Waals surface area contributed by atoms with Crippen LogP contribution in [0.5, 0.6) is 17.2 Å². The minimum atomic E-state index is -0.522. The molecule has 0 bridgehead atoms. The highest BCUT2D eigenvalue weighted by molar-refractivity contribution is 5.89. The maximum Gasteiger partial charge on any atom is 0.321 e. The van der Waals surface area contributed by atoms with Crippen molar-refractivity contribution in [3.05, 3.63) is 48.3 Å². The third-order valence-electron chi connectivity index (χ3n) is 5.02. The topological polar surface area (TPSA) is 60.0 Å². The Morgan fingerprint density at radius 2 is 1.93 bits per heavy atom. The van der Waals surface area contributed by atoms with Crippen molar-refractivity contribution in [2.75, 3.05) is 25.5 Å². The number of likely N-dealkylation sites (N-methyl/N-ethyl adjacent to an activating group) is 1. The molecule has 0 radical (unpaired) electrons. The van der Waals surface area contributed by atoms with E-state index in [0.29, 0.717) is 23.7 Å². The van der Waals surface area contributed by atoms with Crippen LogP contribution in [-0.2, 0) is 0 Å². The molecular formula is C21H23FN2O4. The van der Waals surface area contributed by atoms with Crippen LogP contribution in [0.25, 0.3) is 0 Å². The van der Waals surface area contributed by atoms with E-state index in [1.165, 1.54) is 11.0 Å². The van der Waals surface area contributed by atoms with Crippen molar-refractivity contribution in [1.29, 1.82) is 0 Å². The molecule has 1 N–H and O–H groups in total. The summed E-state index contributed by atoms with van der Waals surface area (Å²) in [5.41, 5.74) is 0.629. The first-order valence-corrected chi connectivity index (χ1v) is 9.46. The first kappa shape index (κ1) is 18.4. The number of carbonyl (C=O) groups excluding carboxylic acids is 1. The lowest BCUT2D eigenvalue weighted by atomic mass is 10.2. The predicted octanol–water partition coefficient (Wildman–Crippen LogP) is 4.41. The summed E-state index contributed by atoms with van der Waals surface area (Å²) >= 11 is 0. The molecule has 1 spiro atoms. The summed E-state index contributed by atoms with van der Waals surface area (Å²) in [6.45, 7) is 0.502. The minimum absolute atomic E-state index is 0.174. The van der Waals surface area contributed by atoms with Gasteiger partial charge in [-0.1, -0.05) is 12.1 Å². The maximum absolute atomic E-state index is 13.5. The number of anilines is 1. The van der Waals surface area contributed by atoms with Crippen molar-refractivity contribution in [2.45, 2.75) is 31.5 Å². The zero-order valence-electron chi connectivity index (χ0n) is 15.7. The van der Waals surface area contributed by atoms with E-state index in [2.05, 4.69) is 5.32 Å². The number of urea groups is 1. The molecule has 1 aliphatic heterocycles. The summed E-state index contributed by atoms with van der Waals surface area (Å²) in [5, 5.41) is 2.83. The molecular weight excluding hydrogens is 363 g/mol. The van der Waals surface area contributed by atoms with Crippen LogP contribution in [0.2, 0.25) is 0 Å². The molecule has 2 aromatic rings. The fraction of sp³-hybridized carbons (Fsp3) is 0.381. The number of nitrogens with zero attached hydrogens (tertiary/aromatic N) is 1. The second-order valence-corrected chi connectivity index (χ2v) is 7.11. The van der Waals surface area contributed by atoms with Crippen molar-refractivity contribution < 1.29 is 23.4 Å². The van der Waals surface area contributed by atoms with Crippen LogP contribution in [0.1, 0.15) is 25.7 Å². The number of ether oxygens (including phenoxy) is 3. The number of fused-ring (bicyclic) bond motifs is 1. The van der Waals surface area contributed by atoms with Crippen molar-refractivity contribution in [2.24, 2.45) is 0 Å². The van der Waals surface area contributed by atoms with Gasteiger partial charge in [-0.25, -0.2) is 9.18 Å². The van der Waals surface area contributed by atoms with E-state index >= 15 is 0 Å². The number of halogens is 1. The fourth-order valence-electron chi connectivity index (χ4n) is 3.46. The molecule has 1 fully saturated rings. The van der Waals surface area contributed by atoms with Gasteiger partial charge in [-0.15, -0.1) is 0 Å². The van der Waals surface area contributed by atoms with E-state index in [1.54, 1.807) is 37.4 Å². The first-order valence-electron chi connectivity index (χ1n) is 9.46. The SMILES string of the molecule is CN(CCOc1ccccc1F)C(=O)Nc1ccc2c(c1)OC1(CCCC1)O2. The molecule has 0 saturated heterocycles. The summed E-state index contributed by atoms with van der Waals surface area (Å²) in [7, 11) is 1.65. The molecule has 0 unspecified atom stereocenters. The second-order valence-electron chi connectivity index (χ2n) is 7.11. The number of hydrogen-bond donors (Lipinski definition) is 1. The lowest BCUT2D eigenvalue weighted by Gasteiger charge is -2.21. The molecule has 28 heavy (non-hydrogen) atoms. The quantitative estimate of drug-likeness (QED) is 0.827. The van der Waals surface area contributed by atoms with Gasteiger partial charge in [0.25, 0.3) is 5.79 Å². The van der Waals surface area contributed by atoms with Gasteiger partial charge in [0.2, 0.25) is 0 Å². The van der Waals surface area contributed by atoms with Crippen molar-refractivity contribution in [3.8, 4) is 17.2 Å². The molecule has 4 rings (SSSR count). The van der Waals surface area contributed by atoms with Crippen LogP contribution in [0.3, 0.4) is 0 Å². The largest absolute Gasteiger partial charge is 0.489 e. The van der Waals surface area contributed by atoms with Gasteiger partial charge in [-0.2, -0.15) is 0 Å².